The molecule has 0 saturated carbocycles. The minimum Gasteiger partial charge on any atom is -0.287 e. The van der Waals surface area contributed by atoms with Gasteiger partial charge in [0, 0.05) is 22.0 Å². The highest BCUT2D eigenvalue weighted by Gasteiger charge is 2.23. The maximum atomic E-state index is 13.1. The summed E-state index contributed by atoms with van der Waals surface area (Å²) in [5, 5.41) is 16.5. The Bertz CT molecular complexity index is 1330. The smallest absolute Gasteiger partial charge is 0.287 e. The lowest BCUT2D eigenvalue weighted by Crippen LogP contribution is -2.25. The molecule has 0 amide bonds. The van der Waals surface area contributed by atoms with Gasteiger partial charge in [-0.3, -0.25) is 19.7 Å². The quantitative estimate of drug-likeness (QED) is 0.288. The van der Waals surface area contributed by atoms with Crippen molar-refractivity contribution in [1.29, 1.82) is 0 Å². The molecule has 0 bridgehead atoms. The Morgan fingerprint density at radius 3 is 2.31 bits per heavy atom. The molecule has 0 N–H and O–H groups in total. The number of carbonyl (C=O) groups is 1. The number of halogens is 1. The van der Waals surface area contributed by atoms with Gasteiger partial charge in [-0.05, 0) is 18.2 Å². The van der Waals surface area contributed by atoms with Crippen molar-refractivity contribution in [1.82, 2.24) is 9.78 Å². The van der Waals surface area contributed by atoms with E-state index >= 15 is 0 Å². The van der Waals surface area contributed by atoms with Gasteiger partial charge < -0.3 is 0 Å². The SMILES string of the molecule is O=C(c1ccccc1)c1nn(-c2cc(Cl)ccc2[N+](=O)[O-])c(=O)c2ccccc12. The molecule has 1 aromatic heterocycles. The topological polar surface area (TPSA) is 95.1 Å². The van der Waals surface area contributed by atoms with Crippen LogP contribution in [0.15, 0.2) is 77.6 Å². The molecule has 0 spiro atoms. The van der Waals surface area contributed by atoms with Crippen molar-refractivity contribution >= 4 is 33.8 Å². The highest BCUT2D eigenvalue weighted by Crippen LogP contribution is 2.26. The molecule has 0 atom stereocenters. The van der Waals surface area contributed by atoms with Crippen molar-refractivity contribution in [3.05, 3.63) is 110 Å². The lowest BCUT2D eigenvalue weighted by Gasteiger charge is -2.11. The number of carbonyl (C=O) groups excluding carboxylic acids is 1. The highest BCUT2D eigenvalue weighted by molar-refractivity contribution is 6.30. The van der Waals surface area contributed by atoms with Gasteiger partial charge in [0.15, 0.2) is 0 Å². The Labute approximate surface area is 168 Å². The summed E-state index contributed by atoms with van der Waals surface area (Å²) in [5.74, 6) is -0.403. The molecule has 0 aliphatic heterocycles. The van der Waals surface area contributed by atoms with Gasteiger partial charge >= 0.3 is 0 Å². The van der Waals surface area contributed by atoms with Crippen LogP contribution >= 0.6 is 11.6 Å². The average molecular weight is 406 g/mol. The molecule has 29 heavy (non-hydrogen) atoms. The number of aromatic nitrogens is 2. The predicted octanol–water partition coefficient (Wildman–Crippen LogP) is 4.18. The number of hydrogen-bond donors (Lipinski definition) is 0. The molecule has 1 heterocycles. The van der Waals surface area contributed by atoms with E-state index in [9.17, 15) is 19.7 Å². The lowest BCUT2D eigenvalue weighted by atomic mass is 10.0. The van der Waals surface area contributed by atoms with Crippen LogP contribution < -0.4 is 5.56 Å². The second kappa shape index (κ2) is 7.29. The molecule has 8 heteroatoms. The Hall–Kier alpha value is -3.84. The summed E-state index contributed by atoms with van der Waals surface area (Å²) in [6, 6.07) is 18.8. The Kier molecular flexibility index (Phi) is 4.66. The number of benzene rings is 3. The van der Waals surface area contributed by atoms with Crippen molar-refractivity contribution in [2.75, 3.05) is 0 Å². The Balaban J connectivity index is 2.07. The number of nitrogens with zero attached hydrogens (tertiary/aromatic N) is 3. The summed E-state index contributed by atoms with van der Waals surface area (Å²) in [6.45, 7) is 0. The van der Waals surface area contributed by atoms with Gasteiger partial charge in [-0.15, -0.1) is 0 Å². The second-order valence-electron chi connectivity index (χ2n) is 6.20. The minimum absolute atomic E-state index is 0.0145. The van der Waals surface area contributed by atoms with Crippen LogP contribution in [0.1, 0.15) is 16.1 Å². The third kappa shape index (κ3) is 3.28. The number of rotatable bonds is 4. The summed E-state index contributed by atoms with van der Waals surface area (Å²) < 4.78 is 0.864. The standard InChI is InChI=1S/C21H12ClN3O4/c22-14-10-11-17(25(28)29)18(12-14)24-21(27)16-9-5-4-8-15(16)19(23-24)20(26)13-6-2-1-3-7-13/h1-12H. The molecule has 0 unspecified atom stereocenters. The normalized spacial score (nSPS) is 10.8. The van der Waals surface area contributed by atoms with Crippen molar-refractivity contribution in [2.24, 2.45) is 0 Å². The second-order valence-corrected chi connectivity index (χ2v) is 6.63. The molecule has 3 aromatic carbocycles. The van der Waals surface area contributed by atoms with Crippen molar-refractivity contribution < 1.29 is 9.72 Å². The van der Waals surface area contributed by atoms with Crippen molar-refractivity contribution in [2.45, 2.75) is 0 Å². The van der Waals surface area contributed by atoms with Crippen LogP contribution in [0.4, 0.5) is 5.69 Å². The van der Waals surface area contributed by atoms with Crippen molar-refractivity contribution in [3.8, 4) is 5.69 Å². The van der Waals surface area contributed by atoms with E-state index in [1.807, 2.05) is 0 Å². The average Bonchev–Trinajstić information content (AvgIpc) is 2.74. The summed E-state index contributed by atoms with van der Waals surface area (Å²) in [7, 11) is 0. The first-order valence-corrected chi connectivity index (χ1v) is 8.91. The molecule has 0 aliphatic carbocycles. The third-order valence-electron chi connectivity index (χ3n) is 4.42. The Morgan fingerprint density at radius 1 is 0.966 bits per heavy atom. The van der Waals surface area contributed by atoms with Gasteiger partial charge in [0.2, 0.25) is 5.78 Å². The molecule has 0 radical (unpaired) electrons. The molecule has 0 aliphatic rings. The molecule has 142 valence electrons. The van der Waals surface area contributed by atoms with E-state index < -0.39 is 16.3 Å². The Morgan fingerprint density at radius 2 is 1.62 bits per heavy atom. The predicted molar refractivity (Wildman–Crippen MR) is 109 cm³/mol. The van der Waals surface area contributed by atoms with Gasteiger partial charge in [0.05, 0.1) is 10.3 Å². The largest absolute Gasteiger partial charge is 0.295 e. The van der Waals surface area contributed by atoms with E-state index in [1.165, 1.54) is 18.2 Å². The zero-order valence-electron chi connectivity index (χ0n) is 14.8. The van der Waals surface area contributed by atoms with E-state index in [4.69, 9.17) is 11.6 Å². The van der Waals surface area contributed by atoms with Crippen LogP contribution in [0.25, 0.3) is 16.5 Å². The lowest BCUT2D eigenvalue weighted by molar-refractivity contribution is -0.384. The fourth-order valence-corrected chi connectivity index (χ4v) is 3.23. The molecular formula is C21H12ClN3O4. The van der Waals surface area contributed by atoms with E-state index in [0.717, 1.165) is 4.68 Å². The van der Waals surface area contributed by atoms with Crippen LogP contribution in [0.5, 0.6) is 0 Å². The maximum absolute atomic E-state index is 13.1. The van der Waals surface area contributed by atoms with Gasteiger partial charge in [-0.2, -0.15) is 9.78 Å². The van der Waals surface area contributed by atoms with Crippen LogP contribution in [0.2, 0.25) is 5.02 Å². The first-order chi connectivity index (χ1) is 14.0. The molecule has 7 nitrogen and oxygen atoms in total. The number of ketones is 1. The summed E-state index contributed by atoms with van der Waals surface area (Å²) in [4.78, 5) is 37.0. The van der Waals surface area contributed by atoms with Crippen LogP contribution in [-0.4, -0.2) is 20.5 Å². The van der Waals surface area contributed by atoms with E-state index in [1.54, 1.807) is 54.6 Å². The number of hydrogen-bond acceptors (Lipinski definition) is 5. The molecule has 4 rings (SSSR count). The molecular weight excluding hydrogens is 394 g/mol. The first-order valence-electron chi connectivity index (χ1n) is 8.53. The summed E-state index contributed by atoms with van der Waals surface area (Å²) >= 11 is 6.01. The van der Waals surface area contributed by atoms with Crippen LogP contribution in [-0.2, 0) is 0 Å². The van der Waals surface area contributed by atoms with E-state index in [0.29, 0.717) is 10.9 Å². The van der Waals surface area contributed by atoms with Crippen LogP contribution in [0, 0.1) is 10.1 Å². The van der Waals surface area contributed by atoms with E-state index in [-0.39, 0.29) is 27.5 Å². The third-order valence-corrected chi connectivity index (χ3v) is 4.65. The van der Waals surface area contributed by atoms with Crippen molar-refractivity contribution in [3.63, 3.8) is 0 Å². The minimum atomic E-state index is -0.631. The van der Waals surface area contributed by atoms with Gasteiger partial charge in [0.1, 0.15) is 11.4 Å². The fourth-order valence-electron chi connectivity index (χ4n) is 3.07. The zero-order chi connectivity index (χ0) is 20.5. The maximum Gasteiger partial charge on any atom is 0.295 e. The highest BCUT2D eigenvalue weighted by atomic mass is 35.5. The van der Waals surface area contributed by atoms with E-state index in [2.05, 4.69) is 5.10 Å². The molecule has 0 saturated heterocycles. The zero-order valence-corrected chi connectivity index (χ0v) is 15.5. The van der Waals surface area contributed by atoms with Gasteiger partial charge in [-0.1, -0.05) is 60.1 Å². The summed E-state index contributed by atoms with van der Waals surface area (Å²) in [6.07, 6.45) is 0. The number of nitro groups is 1. The molecule has 0 fully saturated rings. The monoisotopic (exact) mass is 405 g/mol. The number of nitro benzene ring substituents is 1. The summed E-state index contributed by atoms with van der Waals surface area (Å²) in [5.41, 5.74) is -0.648. The van der Waals surface area contributed by atoms with Gasteiger partial charge in [0.25, 0.3) is 11.2 Å². The fraction of sp³-hybridized carbons (Fsp3) is 0. The van der Waals surface area contributed by atoms with Crippen LogP contribution in [0.3, 0.4) is 0 Å². The first kappa shape index (κ1) is 18.5. The molecule has 4 aromatic rings. The van der Waals surface area contributed by atoms with Gasteiger partial charge in [-0.25, -0.2) is 0 Å². The number of fused-ring (bicyclic) bond motifs is 1.